The van der Waals surface area contributed by atoms with E-state index < -0.39 is 11.9 Å². The van der Waals surface area contributed by atoms with Crippen LogP contribution in [0.1, 0.15) is 16.1 Å². The van der Waals surface area contributed by atoms with Gasteiger partial charge in [0.15, 0.2) is 0 Å². The molecule has 1 aromatic heterocycles. The lowest BCUT2D eigenvalue weighted by Crippen LogP contribution is -2.14. The fourth-order valence-corrected chi connectivity index (χ4v) is 2.04. The van der Waals surface area contributed by atoms with Crippen molar-refractivity contribution in [2.24, 2.45) is 0 Å². The number of hydrogen-bond acceptors (Lipinski definition) is 3. The summed E-state index contributed by atoms with van der Waals surface area (Å²) >= 11 is 11.6. The van der Waals surface area contributed by atoms with Gasteiger partial charge in [-0.1, -0.05) is 35.3 Å². The Kier molecular flexibility index (Phi) is 4.77. The predicted octanol–water partition coefficient (Wildman–Crippen LogP) is 3.27. The van der Waals surface area contributed by atoms with E-state index in [1.807, 2.05) is 0 Å². The Morgan fingerprint density at radius 1 is 1.19 bits per heavy atom. The number of aromatic nitrogens is 1. The topological polar surface area (TPSA) is 79.3 Å². The average molecular weight is 325 g/mol. The summed E-state index contributed by atoms with van der Waals surface area (Å²) in [6.07, 6.45) is -0.125. The molecule has 0 spiro atoms. The minimum Gasteiger partial charge on any atom is -0.481 e. The standard InChI is InChI=1S/C14H10Cl2N2O3/c15-10-4-5-11(16)18-13(10)14(21)17-9-3-1-2-8(6-9)7-12(19)20/h1-6H,7H2,(H,17,21)(H,19,20). The zero-order valence-electron chi connectivity index (χ0n) is 10.6. The third-order valence-electron chi connectivity index (χ3n) is 2.57. The maximum Gasteiger partial charge on any atom is 0.307 e. The van der Waals surface area contributed by atoms with Gasteiger partial charge < -0.3 is 10.4 Å². The van der Waals surface area contributed by atoms with Gasteiger partial charge in [-0.05, 0) is 29.8 Å². The second-order valence-electron chi connectivity index (χ2n) is 4.19. The van der Waals surface area contributed by atoms with Gasteiger partial charge in [0, 0.05) is 5.69 Å². The van der Waals surface area contributed by atoms with Crippen molar-refractivity contribution in [3.63, 3.8) is 0 Å². The molecule has 21 heavy (non-hydrogen) atoms. The first-order chi connectivity index (χ1) is 9.95. The predicted molar refractivity (Wildman–Crippen MR) is 80.0 cm³/mol. The molecule has 0 saturated carbocycles. The molecule has 0 unspecified atom stereocenters. The highest BCUT2D eigenvalue weighted by molar-refractivity contribution is 6.35. The molecule has 2 aromatic rings. The molecule has 5 nitrogen and oxygen atoms in total. The number of carbonyl (C=O) groups excluding carboxylic acids is 1. The molecule has 0 atom stereocenters. The van der Waals surface area contributed by atoms with Crippen molar-refractivity contribution in [3.05, 3.63) is 57.8 Å². The normalized spacial score (nSPS) is 10.2. The van der Waals surface area contributed by atoms with Crippen LogP contribution in [0.25, 0.3) is 0 Å². The fourth-order valence-electron chi connectivity index (χ4n) is 1.70. The first kappa shape index (κ1) is 15.3. The van der Waals surface area contributed by atoms with E-state index in [1.54, 1.807) is 24.3 Å². The van der Waals surface area contributed by atoms with Crippen LogP contribution in [0.4, 0.5) is 5.69 Å². The Morgan fingerprint density at radius 2 is 1.95 bits per heavy atom. The van der Waals surface area contributed by atoms with Crippen LogP contribution in [0.15, 0.2) is 36.4 Å². The van der Waals surface area contributed by atoms with Crippen LogP contribution in [0.2, 0.25) is 10.2 Å². The van der Waals surface area contributed by atoms with E-state index in [1.165, 1.54) is 12.1 Å². The minimum absolute atomic E-state index is 0.00723. The Balaban J connectivity index is 2.19. The van der Waals surface area contributed by atoms with E-state index >= 15 is 0 Å². The molecule has 1 amide bonds. The minimum atomic E-state index is -0.946. The van der Waals surface area contributed by atoms with Gasteiger partial charge in [0.25, 0.3) is 5.91 Å². The number of benzene rings is 1. The van der Waals surface area contributed by atoms with Crippen molar-refractivity contribution in [3.8, 4) is 0 Å². The SMILES string of the molecule is O=C(O)Cc1cccc(NC(=O)c2nc(Cl)ccc2Cl)c1. The van der Waals surface area contributed by atoms with Crippen molar-refractivity contribution in [1.82, 2.24) is 4.98 Å². The molecule has 0 radical (unpaired) electrons. The van der Waals surface area contributed by atoms with Crippen molar-refractivity contribution < 1.29 is 14.7 Å². The Hall–Kier alpha value is -2.11. The van der Waals surface area contributed by atoms with E-state index in [0.29, 0.717) is 11.3 Å². The number of carbonyl (C=O) groups is 2. The first-order valence-corrected chi connectivity index (χ1v) is 6.65. The highest BCUT2D eigenvalue weighted by atomic mass is 35.5. The number of pyridine rings is 1. The fraction of sp³-hybridized carbons (Fsp3) is 0.0714. The number of amides is 1. The summed E-state index contributed by atoms with van der Waals surface area (Å²) in [6, 6.07) is 9.49. The number of carboxylic acid groups (broad SMARTS) is 1. The molecule has 0 fully saturated rings. The maximum atomic E-state index is 12.1. The van der Waals surface area contributed by atoms with Crippen LogP contribution in [0.5, 0.6) is 0 Å². The lowest BCUT2D eigenvalue weighted by Gasteiger charge is -2.07. The summed E-state index contributed by atoms with van der Waals surface area (Å²) in [5, 5.41) is 11.7. The Morgan fingerprint density at radius 3 is 2.67 bits per heavy atom. The summed E-state index contributed by atoms with van der Waals surface area (Å²) < 4.78 is 0. The largest absolute Gasteiger partial charge is 0.481 e. The van der Waals surface area contributed by atoms with Crippen LogP contribution in [-0.4, -0.2) is 22.0 Å². The van der Waals surface area contributed by atoms with Gasteiger partial charge >= 0.3 is 5.97 Å². The number of nitrogens with one attached hydrogen (secondary N) is 1. The Bertz CT molecular complexity index is 704. The highest BCUT2D eigenvalue weighted by Crippen LogP contribution is 2.19. The summed E-state index contributed by atoms with van der Waals surface area (Å²) in [6.45, 7) is 0. The van der Waals surface area contributed by atoms with E-state index in [-0.39, 0.29) is 22.3 Å². The van der Waals surface area contributed by atoms with Gasteiger partial charge in [-0.2, -0.15) is 0 Å². The van der Waals surface area contributed by atoms with Crippen molar-refractivity contribution in [2.75, 3.05) is 5.32 Å². The van der Waals surface area contributed by atoms with Gasteiger partial charge in [-0.25, -0.2) is 4.98 Å². The quantitative estimate of drug-likeness (QED) is 0.846. The van der Waals surface area contributed by atoms with Crippen LogP contribution >= 0.6 is 23.2 Å². The van der Waals surface area contributed by atoms with Gasteiger partial charge in [0.2, 0.25) is 0 Å². The van der Waals surface area contributed by atoms with Gasteiger partial charge in [0.05, 0.1) is 11.4 Å². The third kappa shape index (κ3) is 4.18. The third-order valence-corrected chi connectivity index (χ3v) is 3.08. The summed E-state index contributed by atoms with van der Waals surface area (Å²) in [5.74, 6) is -1.46. The molecule has 0 aliphatic heterocycles. The van der Waals surface area contributed by atoms with E-state index in [0.717, 1.165) is 0 Å². The molecule has 0 bridgehead atoms. The molecule has 1 aromatic carbocycles. The number of aliphatic carboxylic acids is 1. The maximum absolute atomic E-state index is 12.1. The van der Waals surface area contributed by atoms with Crippen molar-refractivity contribution >= 4 is 40.8 Å². The molecular formula is C14H10Cl2N2O3. The zero-order valence-corrected chi connectivity index (χ0v) is 12.1. The number of carboxylic acids is 1. The van der Waals surface area contributed by atoms with Crippen molar-refractivity contribution in [1.29, 1.82) is 0 Å². The molecule has 108 valence electrons. The summed E-state index contributed by atoms with van der Waals surface area (Å²) in [5.41, 5.74) is 1.04. The Labute approximate surface area is 130 Å². The molecular weight excluding hydrogens is 315 g/mol. The van der Waals surface area contributed by atoms with Crippen LogP contribution in [0, 0.1) is 0 Å². The molecule has 1 heterocycles. The lowest BCUT2D eigenvalue weighted by molar-refractivity contribution is -0.136. The van der Waals surface area contributed by atoms with Crippen LogP contribution in [0.3, 0.4) is 0 Å². The first-order valence-electron chi connectivity index (χ1n) is 5.90. The van der Waals surface area contributed by atoms with Gasteiger partial charge in [-0.15, -0.1) is 0 Å². The smallest absolute Gasteiger partial charge is 0.307 e. The van der Waals surface area contributed by atoms with Gasteiger partial charge in [-0.3, -0.25) is 9.59 Å². The lowest BCUT2D eigenvalue weighted by atomic mass is 10.1. The zero-order chi connectivity index (χ0) is 15.4. The molecule has 0 aliphatic rings. The van der Waals surface area contributed by atoms with Crippen molar-refractivity contribution in [2.45, 2.75) is 6.42 Å². The number of rotatable bonds is 4. The molecule has 2 rings (SSSR count). The molecule has 7 heteroatoms. The van der Waals surface area contributed by atoms with Crippen LogP contribution in [-0.2, 0) is 11.2 Å². The molecule has 2 N–H and O–H groups in total. The molecule has 0 aliphatic carbocycles. The number of anilines is 1. The summed E-state index contributed by atoms with van der Waals surface area (Å²) in [7, 11) is 0. The molecule has 0 saturated heterocycles. The number of hydrogen-bond donors (Lipinski definition) is 2. The van der Waals surface area contributed by atoms with E-state index in [9.17, 15) is 9.59 Å². The second kappa shape index (κ2) is 6.56. The van der Waals surface area contributed by atoms with E-state index in [2.05, 4.69) is 10.3 Å². The summed E-state index contributed by atoms with van der Waals surface area (Å²) in [4.78, 5) is 26.6. The second-order valence-corrected chi connectivity index (χ2v) is 4.98. The highest BCUT2D eigenvalue weighted by Gasteiger charge is 2.13. The van der Waals surface area contributed by atoms with E-state index in [4.69, 9.17) is 28.3 Å². The van der Waals surface area contributed by atoms with Gasteiger partial charge in [0.1, 0.15) is 10.8 Å². The number of nitrogens with zero attached hydrogens (tertiary/aromatic N) is 1. The number of halogens is 2. The average Bonchev–Trinajstić information content (AvgIpc) is 2.41. The van der Waals surface area contributed by atoms with Crippen LogP contribution < -0.4 is 5.32 Å². The monoisotopic (exact) mass is 324 g/mol.